The van der Waals surface area contributed by atoms with Crippen LogP contribution < -0.4 is 0 Å². The van der Waals surface area contributed by atoms with Gasteiger partial charge in [-0.3, -0.25) is 0 Å². The maximum Gasteiger partial charge on any atom is 0.338 e. The second-order valence-corrected chi connectivity index (χ2v) is 6.45. The van der Waals surface area contributed by atoms with Crippen molar-refractivity contribution in [2.24, 2.45) is 0 Å². The zero-order valence-corrected chi connectivity index (χ0v) is 13.4. The standard InChI is InChI=1S/C18H26O4/c1-3-4-8-12-18(21)15(11-13-17(18,2)20)22-16(19)14-9-6-5-7-10-14/h5-7,9-10,15,20-21H,3-4,8,11-13H2,1-2H3/t15-,17-,18-/m0/s1. The molecular weight excluding hydrogens is 280 g/mol. The number of carbonyl (C=O) groups is 1. The number of ether oxygens (including phenoxy) is 1. The van der Waals surface area contributed by atoms with Crippen LogP contribution in [0.15, 0.2) is 30.3 Å². The Labute approximate surface area is 132 Å². The summed E-state index contributed by atoms with van der Waals surface area (Å²) in [6, 6.07) is 8.75. The van der Waals surface area contributed by atoms with Gasteiger partial charge in [0.05, 0.1) is 11.2 Å². The molecule has 2 N–H and O–H groups in total. The van der Waals surface area contributed by atoms with Crippen LogP contribution in [0, 0.1) is 0 Å². The van der Waals surface area contributed by atoms with E-state index < -0.39 is 23.3 Å². The first kappa shape index (κ1) is 17.0. The smallest absolute Gasteiger partial charge is 0.338 e. The third-order valence-corrected chi connectivity index (χ3v) is 4.78. The van der Waals surface area contributed by atoms with Gasteiger partial charge in [0.1, 0.15) is 11.7 Å². The van der Waals surface area contributed by atoms with Gasteiger partial charge in [0.25, 0.3) is 0 Å². The molecule has 0 radical (unpaired) electrons. The number of esters is 1. The average Bonchev–Trinajstić information content (AvgIpc) is 2.72. The van der Waals surface area contributed by atoms with Crippen molar-refractivity contribution >= 4 is 5.97 Å². The highest BCUT2D eigenvalue weighted by atomic mass is 16.6. The topological polar surface area (TPSA) is 66.8 Å². The Bertz CT molecular complexity index is 497. The summed E-state index contributed by atoms with van der Waals surface area (Å²) >= 11 is 0. The molecule has 0 bridgehead atoms. The van der Waals surface area contributed by atoms with Crippen LogP contribution in [0.3, 0.4) is 0 Å². The van der Waals surface area contributed by atoms with E-state index in [2.05, 4.69) is 6.92 Å². The van der Waals surface area contributed by atoms with E-state index in [0.29, 0.717) is 24.8 Å². The minimum Gasteiger partial charge on any atom is -0.456 e. The van der Waals surface area contributed by atoms with Gasteiger partial charge in [0, 0.05) is 0 Å². The van der Waals surface area contributed by atoms with Gasteiger partial charge >= 0.3 is 5.97 Å². The molecule has 4 heteroatoms. The molecule has 1 aromatic carbocycles. The number of benzene rings is 1. The van der Waals surface area contributed by atoms with Crippen molar-refractivity contribution in [1.82, 2.24) is 0 Å². The SMILES string of the molecule is CCCCC[C@]1(O)[C@@H](OC(=O)c2ccccc2)CC[C@]1(C)O. The summed E-state index contributed by atoms with van der Waals surface area (Å²) in [6.07, 6.45) is 3.52. The maximum absolute atomic E-state index is 12.2. The summed E-state index contributed by atoms with van der Waals surface area (Å²) in [5, 5.41) is 21.5. The predicted molar refractivity (Wildman–Crippen MR) is 84.6 cm³/mol. The first-order valence-corrected chi connectivity index (χ1v) is 8.11. The van der Waals surface area contributed by atoms with Crippen molar-refractivity contribution in [3.8, 4) is 0 Å². The van der Waals surface area contributed by atoms with E-state index in [1.807, 2.05) is 6.07 Å². The Morgan fingerprint density at radius 1 is 1.27 bits per heavy atom. The van der Waals surface area contributed by atoms with E-state index in [1.165, 1.54) is 0 Å². The monoisotopic (exact) mass is 306 g/mol. The van der Waals surface area contributed by atoms with Crippen LogP contribution in [0.1, 0.15) is 62.7 Å². The molecule has 0 spiro atoms. The molecule has 4 nitrogen and oxygen atoms in total. The largest absolute Gasteiger partial charge is 0.456 e. The van der Waals surface area contributed by atoms with Crippen LogP contribution in [0.2, 0.25) is 0 Å². The minimum atomic E-state index is -1.37. The molecule has 122 valence electrons. The predicted octanol–water partition coefficient (Wildman–Crippen LogP) is 3.07. The summed E-state index contributed by atoms with van der Waals surface area (Å²) < 4.78 is 5.53. The summed E-state index contributed by atoms with van der Waals surface area (Å²) in [6.45, 7) is 3.72. The first-order valence-electron chi connectivity index (χ1n) is 8.11. The Morgan fingerprint density at radius 3 is 2.59 bits per heavy atom. The van der Waals surface area contributed by atoms with Gasteiger partial charge < -0.3 is 14.9 Å². The molecule has 0 unspecified atom stereocenters. The Kier molecular flexibility index (Phi) is 5.24. The number of carbonyl (C=O) groups excluding carboxylic acids is 1. The third-order valence-electron chi connectivity index (χ3n) is 4.78. The molecule has 2 rings (SSSR count). The first-order chi connectivity index (χ1) is 10.4. The molecule has 3 atom stereocenters. The fourth-order valence-electron chi connectivity index (χ4n) is 3.22. The lowest BCUT2D eigenvalue weighted by atomic mass is 9.82. The second kappa shape index (κ2) is 6.80. The van der Waals surface area contributed by atoms with E-state index in [9.17, 15) is 15.0 Å². The van der Waals surface area contributed by atoms with Gasteiger partial charge in [-0.1, -0.05) is 44.4 Å². The summed E-state index contributed by atoms with van der Waals surface area (Å²) in [5.74, 6) is -0.447. The van der Waals surface area contributed by atoms with Crippen molar-refractivity contribution in [1.29, 1.82) is 0 Å². The van der Waals surface area contributed by atoms with Crippen molar-refractivity contribution in [2.45, 2.75) is 69.7 Å². The summed E-state index contributed by atoms with van der Waals surface area (Å²) in [4.78, 5) is 12.2. The van der Waals surface area contributed by atoms with Crippen LogP contribution in [-0.4, -0.2) is 33.5 Å². The number of rotatable bonds is 6. The minimum absolute atomic E-state index is 0.433. The van der Waals surface area contributed by atoms with Crippen molar-refractivity contribution in [3.63, 3.8) is 0 Å². The van der Waals surface area contributed by atoms with Gasteiger partial charge in [0.2, 0.25) is 0 Å². The number of hydrogen-bond acceptors (Lipinski definition) is 4. The highest BCUT2D eigenvalue weighted by Crippen LogP contribution is 2.44. The van der Waals surface area contributed by atoms with Crippen molar-refractivity contribution in [2.75, 3.05) is 0 Å². The van der Waals surface area contributed by atoms with Gasteiger partial charge in [-0.05, 0) is 38.3 Å². The van der Waals surface area contributed by atoms with Gasteiger partial charge in [-0.2, -0.15) is 0 Å². The molecule has 1 fully saturated rings. The van der Waals surface area contributed by atoms with E-state index in [0.717, 1.165) is 19.3 Å². The fraction of sp³-hybridized carbons (Fsp3) is 0.611. The molecule has 1 aliphatic rings. The Morgan fingerprint density at radius 2 is 1.95 bits per heavy atom. The Balaban J connectivity index is 2.10. The van der Waals surface area contributed by atoms with E-state index >= 15 is 0 Å². The quantitative estimate of drug-likeness (QED) is 0.626. The number of unbranched alkanes of at least 4 members (excludes halogenated alkanes) is 2. The molecule has 0 heterocycles. The Hall–Kier alpha value is -1.39. The number of aliphatic hydroxyl groups is 2. The lowest BCUT2D eigenvalue weighted by molar-refractivity contribution is -0.166. The molecule has 1 aliphatic carbocycles. The molecule has 0 aromatic heterocycles. The van der Waals surface area contributed by atoms with Crippen molar-refractivity contribution < 1.29 is 19.7 Å². The summed E-state index contributed by atoms with van der Waals surface area (Å²) in [7, 11) is 0. The molecule has 0 amide bonds. The molecule has 0 saturated heterocycles. The maximum atomic E-state index is 12.2. The van der Waals surface area contributed by atoms with Crippen LogP contribution in [-0.2, 0) is 4.74 Å². The molecule has 1 aromatic rings. The van der Waals surface area contributed by atoms with Gasteiger partial charge in [-0.25, -0.2) is 4.79 Å². The van der Waals surface area contributed by atoms with E-state index in [1.54, 1.807) is 31.2 Å². The van der Waals surface area contributed by atoms with Gasteiger partial charge in [-0.15, -0.1) is 0 Å². The normalized spacial score (nSPS) is 31.2. The van der Waals surface area contributed by atoms with Gasteiger partial charge in [0.15, 0.2) is 0 Å². The molecule has 1 saturated carbocycles. The van der Waals surface area contributed by atoms with Crippen LogP contribution in [0.4, 0.5) is 0 Å². The molecule has 0 aliphatic heterocycles. The highest BCUT2D eigenvalue weighted by molar-refractivity contribution is 5.89. The highest BCUT2D eigenvalue weighted by Gasteiger charge is 2.57. The van der Waals surface area contributed by atoms with Crippen LogP contribution in [0.5, 0.6) is 0 Å². The van der Waals surface area contributed by atoms with Crippen LogP contribution >= 0.6 is 0 Å². The van der Waals surface area contributed by atoms with E-state index in [-0.39, 0.29) is 0 Å². The second-order valence-electron chi connectivity index (χ2n) is 6.45. The molecular formula is C18H26O4. The zero-order valence-electron chi connectivity index (χ0n) is 13.4. The van der Waals surface area contributed by atoms with E-state index in [4.69, 9.17) is 4.74 Å². The van der Waals surface area contributed by atoms with Crippen LogP contribution in [0.25, 0.3) is 0 Å². The molecule has 22 heavy (non-hydrogen) atoms. The number of hydrogen-bond donors (Lipinski definition) is 2. The lowest BCUT2D eigenvalue weighted by Gasteiger charge is -2.38. The lowest BCUT2D eigenvalue weighted by Crippen LogP contribution is -2.55. The van der Waals surface area contributed by atoms with Crippen molar-refractivity contribution in [3.05, 3.63) is 35.9 Å². The zero-order chi connectivity index (χ0) is 16.2. The fourth-order valence-corrected chi connectivity index (χ4v) is 3.22. The summed E-state index contributed by atoms with van der Waals surface area (Å²) in [5.41, 5.74) is -2.13. The average molecular weight is 306 g/mol. The third kappa shape index (κ3) is 3.33.